The van der Waals surface area contributed by atoms with Crippen molar-refractivity contribution in [3.8, 4) is 0 Å². The lowest BCUT2D eigenvalue weighted by Crippen LogP contribution is -2.50. The number of benzene rings is 1. The Morgan fingerprint density at radius 2 is 2.05 bits per heavy atom. The third kappa shape index (κ3) is 3.21. The molecule has 0 radical (unpaired) electrons. The Labute approximate surface area is 135 Å². The molecule has 1 saturated heterocycles. The molecule has 0 aromatic heterocycles. The van der Waals surface area contributed by atoms with E-state index in [1.54, 1.807) is 6.92 Å². The largest absolute Gasteiger partial charge is 0.375 e. The molecule has 0 aliphatic carbocycles. The zero-order valence-electron chi connectivity index (χ0n) is 11.8. The summed E-state index contributed by atoms with van der Waals surface area (Å²) >= 11 is 12.2. The van der Waals surface area contributed by atoms with Gasteiger partial charge in [0.2, 0.25) is 10.0 Å². The topological polar surface area (TPSA) is 72.6 Å². The number of ether oxygens (including phenoxy) is 1. The molecule has 2 unspecified atom stereocenters. The molecular formula is C13H18Cl2N2O3S. The molecule has 1 heterocycles. The molecule has 21 heavy (non-hydrogen) atoms. The summed E-state index contributed by atoms with van der Waals surface area (Å²) in [6, 6.07) is 2.68. The smallest absolute Gasteiger partial charge is 0.244 e. The van der Waals surface area contributed by atoms with Crippen LogP contribution in [0, 0.1) is 0 Å². The molecule has 118 valence electrons. The fraction of sp³-hybridized carbons (Fsp3) is 0.538. The lowest BCUT2D eigenvalue weighted by atomic mass is 10.2. The van der Waals surface area contributed by atoms with E-state index in [4.69, 9.17) is 33.7 Å². The van der Waals surface area contributed by atoms with Gasteiger partial charge in [-0.25, -0.2) is 8.42 Å². The third-order valence-electron chi connectivity index (χ3n) is 3.49. The average Bonchev–Trinajstić information content (AvgIpc) is 2.41. The van der Waals surface area contributed by atoms with E-state index in [1.165, 1.54) is 16.4 Å². The summed E-state index contributed by atoms with van der Waals surface area (Å²) in [5.74, 6) is 0. The van der Waals surface area contributed by atoms with Crippen LogP contribution < -0.4 is 5.73 Å². The Kier molecular flexibility index (Phi) is 5.18. The van der Waals surface area contributed by atoms with Crippen molar-refractivity contribution in [1.29, 1.82) is 0 Å². The van der Waals surface area contributed by atoms with E-state index in [9.17, 15) is 8.42 Å². The van der Waals surface area contributed by atoms with Gasteiger partial charge in [0, 0.05) is 29.7 Å². The van der Waals surface area contributed by atoms with Crippen LogP contribution >= 0.6 is 23.2 Å². The second-order valence-corrected chi connectivity index (χ2v) is 7.75. The van der Waals surface area contributed by atoms with Gasteiger partial charge in [-0.05, 0) is 26.0 Å². The first-order chi connectivity index (χ1) is 9.78. The number of hydrogen-bond donors (Lipinski definition) is 1. The van der Waals surface area contributed by atoms with Crippen molar-refractivity contribution < 1.29 is 13.2 Å². The lowest BCUT2D eigenvalue weighted by Gasteiger charge is -2.36. The molecule has 0 spiro atoms. The van der Waals surface area contributed by atoms with E-state index in [0.29, 0.717) is 23.7 Å². The number of sulfonamides is 1. The van der Waals surface area contributed by atoms with Crippen LogP contribution in [0.25, 0.3) is 0 Å². The third-order valence-corrected chi connectivity index (χ3v) is 6.41. The first kappa shape index (κ1) is 17.0. The summed E-state index contributed by atoms with van der Waals surface area (Å²) in [4.78, 5) is 0.0370. The Morgan fingerprint density at radius 1 is 1.38 bits per heavy atom. The molecule has 2 rings (SSSR count). The average molecular weight is 353 g/mol. The predicted octanol–water partition coefficient (Wildman–Crippen LogP) is 2.25. The van der Waals surface area contributed by atoms with E-state index in [2.05, 4.69) is 0 Å². The van der Waals surface area contributed by atoms with Crippen LogP contribution in [0.1, 0.15) is 19.4 Å². The maximum absolute atomic E-state index is 12.8. The molecule has 1 aliphatic rings. The van der Waals surface area contributed by atoms with Gasteiger partial charge in [0.1, 0.15) is 4.90 Å². The second-order valence-electron chi connectivity index (χ2n) is 5.11. The van der Waals surface area contributed by atoms with Gasteiger partial charge >= 0.3 is 0 Å². The zero-order valence-corrected chi connectivity index (χ0v) is 14.2. The second kappa shape index (κ2) is 6.40. The van der Waals surface area contributed by atoms with Gasteiger partial charge in [-0.1, -0.05) is 23.2 Å². The number of rotatable bonds is 3. The van der Waals surface area contributed by atoms with Gasteiger partial charge in [0.15, 0.2) is 0 Å². The highest BCUT2D eigenvalue weighted by atomic mass is 35.5. The lowest BCUT2D eigenvalue weighted by molar-refractivity contribution is -0.0170. The van der Waals surface area contributed by atoms with Crippen molar-refractivity contribution in [2.75, 3.05) is 13.2 Å². The summed E-state index contributed by atoms with van der Waals surface area (Å²) in [7, 11) is -3.72. The molecule has 1 fully saturated rings. The summed E-state index contributed by atoms with van der Waals surface area (Å²) in [6.45, 7) is 4.37. The predicted molar refractivity (Wildman–Crippen MR) is 83.1 cm³/mol. The van der Waals surface area contributed by atoms with Crippen LogP contribution in [0.2, 0.25) is 10.0 Å². The first-order valence-corrected chi connectivity index (χ1v) is 8.79. The van der Waals surface area contributed by atoms with Crippen LogP contribution in [-0.2, 0) is 21.3 Å². The van der Waals surface area contributed by atoms with E-state index in [-0.39, 0.29) is 28.6 Å². The van der Waals surface area contributed by atoms with E-state index < -0.39 is 10.0 Å². The van der Waals surface area contributed by atoms with Crippen molar-refractivity contribution in [2.45, 2.75) is 37.4 Å². The number of nitrogens with two attached hydrogens (primary N) is 1. The molecule has 8 heteroatoms. The van der Waals surface area contributed by atoms with Gasteiger partial charge < -0.3 is 10.5 Å². The maximum atomic E-state index is 12.8. The van der Waals surface area contributed by atoms with Gasteiger partial charge in [-0.3, -0.25) is 0 Å². The minimum absolute atomic E-state index is 0.0370. The highest BCUT2D eigenvalue weighted by molar-refractivity contribution is 7.89. The minimum atomic E-state index is -3.72. The molecular weight excluding hydrogens is 335 g/mol. The molecule has 0 saturated carbocycles. The van der Waals surface area contributed by atoms with Crippen LogP contribution in [0.4, 0.5) is 0 Å². The molecule has 5 nitrogen and oxygen atoms in total. The van der Waals surface area contributed by atoms with Crippen LogP contribution in [0.3, 0.4) is 0 Å². The fourth-order valence-corrected chi connectivity index (χ4v) is 4.90. The van der Waals surface area contributed by atoms with Crippen molar-refractivity contribution in [2.24, 2.45) is 5.73 Å². The normalized spacial score (nSPS) is 24.2. The fourth-order valence-electron chi connectivity index (χ4n) is 2.30. The van der Waals surface area contributed by atoms with Crippen molar-refractivity contribution in [3.63, 3.8) is 0 Å². The maximum Gasteiger partial charge on any atom is 0.244 e. The van der Waals surface area contributed by atoms with Crippen molar-refractivity contribution in [1.82, 2.24) is 4.31 Å². The van der Waals surface area contributed by atoms with Crippen LogP contribution in [-0.4, -0.2) is 38.0 Å². The standard InChI is InChI=1S/C13H18Cl2N2O3S/c1-8-7-20-9(2)6-17(8)21(18,19)12-4-3-11(14)10(5-16)13(12)15/h3-4,8-9H,5-7,16H2,1-2H3. The number of morpholine rings is 1. The summed E-state index contributed by atoms with van der Waals surface area (Å²) in [5.41, 5.74) is 6.03. The quantitative estimate of drug-likeness (QED) is 0.905. The SMILES string of the molecule is CC1CN(S(=O)(=O)c2ccc(Cl)c(CN)c2Cl)C(C)CO1. The van der Waals surface area contributed by atoms with E-state index in [1.807, 2.05) is 6.92 Å². The molecule has 0 bridgehead atoms. The Bertz CT molecular complexity index is 637. The zero-order chi connectivity index (χ0) is 15.8. The van der Waals surface area contributed by atoms with Crippen LogP contribution in [0.5, 0.6) is 0 Å². The summed E-state index contributed by atoms with van der Waals surface area (Å²) < 4.78 is 32.6. The van der Waals surface area contributed by atoms with Crippen LogP contribution in [0.15, 0.2) is 17.0 Å². The molecule has 1 aromatic carbocycles. The Hall–Kier alpha value is -0.370. The highest BCUT2D eigenvalue weighted by Gasteiger charge is 2.35. The number of halogens is 2. The van der Waals surface area contributed by atoms with Crippen molar-refractivity contribution >= 4 is 33.2 Å². The monoisotopic (exact) mass is 352 g/mol. The molecule has 1 aromatic rings. The molecule has 2 atom stereocenters. The number of nitrogens with zero attached hydrogens (tertiary/aromatic N) is 1. The Morgan fingerprint density at radius 3 is 2.67 bits per heavy atom. The Balaban J connectivity index is 2.49. The van der Waals surface area contributed by atoms with E-state index in [0.717, 1.165) is 0 Å². The number of hydrogen-bond acceptors (Lipinski definition) is 4. The molecule has 0 amide bonds. The van der Waals surface area contributed by atoms with Gasteiger partial charge in [0.25, 0.3) is 0 Å². The molecule has 2 N–H and O–H groups in total. The minimum Gasteiger partial charge on any atom is -0.375 e. The summed E-state index contributed by atoms with van der Waals surface area (Å²) in [6.07, 6.45) is -0.156. The van der Waals surface area contributed by atoms with E-state index >= 15 is 0 Å². The van der Waals surface area contributed by atoms with Gasteiger partial charge in [-0.15, -0.1) is 0 Å². The summed E-state index contributed by atoms with van der Waals surface area (Å²) in [5, 5.41) is 0.459. The highest BCUT2D eigenvalue weighted by Crippen LogP contribution is 2.33. The van der Waals surface area contributed by atoms with Gasteiger partial charge in [0.05, 0.1) is 17.7 Å². The molecule has 1 aliphatic heterocycles. The van der Waals surface area contributed by atoms with Crippen molar-refractivity contribution in [3.05, 3.63) is 27.7 Å². The first-order valence-electron chi connectivity index (χ1n) is 6.59. The van der Waals surface area contributed by atoms with Gasteiger partial charge in [-0.2, -0.15) is 4.31 Å².